The van der Waals surface area contributed by atoms with E-state index in [0.29, 0.717) is 16.9 Å². The molecule has 3 aromatic rings. The number of nitrogens with one attached hydrogen (secondary N) is 1. The molecule has 146 valence electrons. The molecule has 1 aromatic heterocycles. The van der Waals surface area contributed by atoms with E-state index in [1.807, 2.05) is 24.3 Å². The van der Waals surface area contributed by atoms with Crippen molar-refractivity contribution < 1.29 is 24.5 Å². The SMILES string of the molecule is N#Cc1nc(C(=O)NCCCC(=O)O)c(O)c2ccc(Oc3ccccc3)cc12. The number of carbonyl (C=O) groups excluding carboxylic acids is 1. The largest absolute Gasteiger partial charge is 0.505 e. The number of hydrogen-bond donors (Lipinski definition) is 3. The molecule has 0 radical (unpaired) electrons. The summed E-state index contributed by atoms with van der Waals surface area (Å²) in [5, 5.41) is 31.7. The number of rotatable bonds is 7. The van der Waals surface area contributed by atoms with E-state index >= 15 is 0 Å². The number of aliphatic carboxylic acids is 1. The number of nitriles is 1. The van der Waals surface area contributed by atoms with E-state index in [1.165, 1.54) is 0 Å². The number of aromatic nitrogens is 1. The lowest BCUT2D eigenvalue weighted by molar-refractivity contribution is -0.137. The molecule has 0 aliphatic carbocycles. The second-order valence-electron chi connectivity index (χ2n) is 6.15. The molecule has 0 fully saturated rings. The first-order valence-electron chi connectivity index (χ1n) is 8.79. The number of carboxylic acid groups (broad SMARTS) is 1. The van der Waals surface area contributed by atoms with Crippen LogP contribution < -0.4 is 10.1 Å². The van der Waals surface area contributed by atoms with Gasteiger partial charge in [-0.15, -0.1) is 0 Å². The number of ether oxygens (including phenoxy) is 1. The summed E-state index contributed by atoms with van der Waals surface area (Å²) in [6.45, 7) is 0.107. The average Bonchev–Trinajstić information content (AvgIpc) is 2.72. The van der Waals surface area contributed by atoms with Gasteiger partial charge in [0.15, 0.2) is 11.4 Å². The van der Waals surface area contributed by atoms with Crippen LogP contribution in [0.3, 0.4) is 0 Å². The summed E-state index contributed by atoms with van der Waals surface area (Å²) in [6, 6.07) is 15.7. The van der Waals surface area contributed by atoms with Gasteiger partial charge >= 0.3 is 5.97 Å². The highest BCUT2D eigenvalue weighted by atomic mass is 16.5. The van der Waals surface area contributed by atoms with Crippen molar-refractivity contribution in [2.75, 3.05) is 6.54 Å². The highest BCUT2D eigenvalue weighted by molar-refractivity contribution is 6.03. The molecular formula is C21H17N3O5. The van der Waals surface area contributed by atoms with Crippen molar-refractivity contribution in [2.45, 2.75) is 12.8 Å². The number of para-hydroxylation sites is 1. The minimum absolute atomic E-state index is 0.0352. The predicted octanol–water partition coefficient (Wildman–Crippen LogP) is 3.20. The summed E-state index contributed by atoms with van der Waals surface area (Å²) in [5.41, 5.74) is -0.326. The summed E-state index contributed by atoms with van der Waals surface area (Å²) in [5.74, 6) is -0.949. The van der Waals surface area contributed by atoms with Crippen LogP contribution in [0.1, 0.15) is 29.0 Å². The lowest BCUT2D eigenvalue weighted by atomic mass is 10.1. The van der Waals surface area contributed by atoms with Gasteiger partial charge in [-0.05, 0) is 36.8 Å². The number of carboxylic acids is 1. The molecule has 8 nitrogen and oxygen atoms in total. The van der Waals surface area contributed by atoms with E-state index in [4.69, 9.17) is 9.84 Å². The smallest absolute Gasteiger partial charge is 0.303 e. The van der Waals surface area contributed by atoms with Crippen LogP contribution in [0.4, 0.5) is 0 Å². The van der Waals surface area contributed by atoms with Gasteiger partial charge in [-0.1, -0.05) is 18.2 Å². The minimum atomic E-state index is -0.966. The van der Waals surface area contributed by atoms with E-state index in [1.54, 1.807) is 30.3 Å². The number of carbonyl (C=O) groups is 2. The van der Waals surface area contributed by atoms with Crippen LogP contribution in [-0.2, 0) is 4.79 Å². The van der Waals surface area contributed by atoms with E-state index in [-0.39, 0.29) is 41.9 Å². The monoisotopic (exact) mass is 391 g/mol. The maximum atomic E-state index is 12.3. The van der Waals surface area contributed by atoms with Gasteiger partial charge in [0.25, 0.3) is 5.91 Å². The number of benzene rings is 2. The Bertz CT molecular complexity index is 1110. The van der Waals surface area contributed by atoms with Crippen molar-refractivity contribution in [3.63, 3.8) is 0 Å². The van der Waals surface area contributed by atoms with Crippen molar-refractivity contribution in [3.8, 4) is 23.3 Å². The number of amides is 1. The zero-order valence-corrected chi connectivity index (χ0v) is 15.3. The lowest BCUT2D eigenvalue weighted by Crippen LogP contribution is -2.26. The Kier molecular flexibility index (Phi) is 5.90. The molecule has 2 aromatic carbocycles. The Morgan fingerprint density at radius 1 is 1.10 bits per heavy atom. The van der Waals surface area contributed by atoms with E-state index in [2.05, 4.69) is 10.3 Å². The van der Waals surface area contributed by atoms with Crippen LogP contribution in [-0.4, -0.2) is 33.6 Å². The Labute approximate surface area is 166 Å². The maximum absolute atomic E-state index is 12.3. The summed E-state index contributed by atoms with van der Waals surface area (Å²) in [7, 11) is 0. The number of fused-ring (bicyclic) bond motifs is 1. The highest BCUT2D eigenvalue weighted by Crippen LogP contribution is 2.33. The van der Waals surface area contributed by atoms with Crippen molar-refractivity contribution >= 4 is 22.6 Å². The first-order valence-corrected chi connectivity index (χ1v) is 8.79. The fraction of sp³-hybridized carbons (Fsp3) is 0.143. The summed E-state index contributed by atoms with van der Waals surface area (Å²) >= 11 is 0. The van der Waals surface area contributed by atoms with Gasteiger partial charge < -0.3 is 20.3 Å². The third-order valence-corrected chi connectivity index (χ3v) is 4.10. The van der Waals surface area contributed by atoms with Crippen LogP contribution in [0.2, 0.25) is 0 Å². The second-order valence-corrected chi connectivity index (χ2v) is 6.15. The fourth-order valence-electron chi connectivity index (χ4n) is 2.74. The van der Waals surface area contributed by atoms with Gasteiger partial charge in [-0.2, -0.15) is 5.26 Å². The van der Waals surface area contributed by atoms with Gasteiger partial charge in [0.1, 0.15) is 23.3 Å². The molecule has 0 bridgehead atoms. The Balaban J connectivity index is 1.89. The molecule has 0 saturated carbocycles. The molecule has 0 aliphatic rings. The molecule has 1 heterocycles. The van der Waals surface area contributed by atoms with Gasteiger partial charge in [-0.3, -0.25) is 9.59 Å². The quantitative estimate of drug-likeness (QED) is 0.527. The van der Waals surface area contributed by atoms with E-state index < -0.39 is 11.9 Å². The third-order valence-electron chi connectivity index (χ3n) is 4.10. The normalized spacial score (nSPS) is 10.3. The van der Waals surface area contributed by atoms with Crippen LogP contribution in [0.25, 0.3) is 10.8 Å². The number of hydrogen-bond acceptors (Lipinski definition) is 6. The van der Waals surface area contributed by atoms with Crippen molar-refractivity contribution in [1.29, 1.82) is 5.26 Å². The zero-order valence-electron chi connectivity index (χ0n) is 15.3. The first-order chi connectivity index (χ1) is 14.0. The average molecular weight is 391 g/mol. The second kappa shape index (κ2) is 8.71. The number of nitrogens with zero attached hydrogens (tertiary/aromatic N) is 2. The van der Waals surface area contributed by atoms with Crippen LogP contribution in [0, 0.1) is 11.3 Å². The molecule has 0 spiro atoms. The van der Waals surface area contributed by atoms with Gasteiger partial charge in [-0.25, -0.2) is 4.98 Å². The summed E-state index contributed by atoms with van der Waals surface area (Å²) in [6.07, 6.45) is 0.145. The molecule has 1 amide bonds. The number of pyridine rings is 1. The molecule has 29 heavy (non-hydrogen) atoms. The molecule has 8 heteroatoms. The van der Waals surface area contributed by atoms with Crippen molar-refractivity contribution in [3.05, 3.63) is 59.9 Å². The lowest BCUT2D eigenvalue weighted by Gasteiger charge is -2.11. The predicted molar refractivity (Wildman–Crippen MR) is 104 cm³/mol. The van der Waals surface area contributed by atoms with E-state index in [9.17, 15) is 20.0 Å². The van der Waals surface area contributed by atoms with Crippen molar-refractivity contribution in [2.24, 2.45) is 0 Å². The topological polar surface area (TPSA) is 133 Å². The molecule has 0 unspecified atom stereocenters. The molecule has 0 aliphatic heterocycles. The minimum Gasteiger partial charge on any atom is -0.505 e. The number of aromatic hydroxyl groups is 1. The fourth-order valence-corrected chi connectivity index (χ4v) is 2.74. The molecule has 3 N–H and O–H groups in total. The molecule has 0 saturated heterocycles. The molecular weight excluding hydrogens is 374 g/mol. The third kappa shape index (κ3) is 4.59. The Morgan fingerprint density at radius 3 is 2.55 bits per heavy atom. The standard InChI is InChI=1S/C21H17N3O5/c22-12-17-16-11-14(29-13-5-2-1-3-6-13)8-9-15(16)20(27)19(24-17)21(28)23-10-4-7-18(25)26/h1-3,5-6,8-9,11,27H,4,7,10H2,(H,23,28)(H,25,26). The van der Waals surface area contributed by atoms with Crippen LogP contribution >= 0.6 is 0 Å². The van der Waals surface area contributed by atoms with Crippen LogP contribution in [0.5, 0.6) is 17.2 Å². The molecule has 3 rings (SSSR count). The van der Waals surface area contributed by atoms with Crippen LogP contribution in [0.15, 0.2) is 48.5 Å². The Hall–Kier alpha value is -4.12. The van der Waals surface area contributed by atoms with E-state index in [0.717, 1.165) is 0 Å². The zero-order chi connectivity index (χ0) is 20.8. The molecule has 0 atom stereocenters. The van der Waals surface area contributed by atoms with Gasteiger partial charge in [0.05, 0.1) is 0 Å². The first kappa shape index (κ1) is 19.6. The summed E-state index contributed by atoms with van der Waals surface area (Å²) < 4.78 is 5.74. The van der Waals surface area contributed by atoms with Crippen molar-refractivity contribution in [1.82, 2.24) is 10.3 Å². The maximum Gasteiger partial charge on any atom is 0.303 e. The summed E-state index contributed by atoms with van der Waals surface area (Å²) in [4.78, 5) is 26.8. The Morgan fingerprint density at radius 2 is 1.86 bits per heavy atom. The van der Waals surface area contributed by atoms with Gasteiger partial charge in [0.2, 0.25) is 0 Å². The highest BCUT2D eigenvalue weighted by Gasteiger charge is 2.19. The van der Waals surface area contributed by atoms with Gasteiger partial charge in [0, 0.05) is 23.7 Å².